The van der Waals surface area contributed by atoms with Crippen molar-refractivity contribution in [3.63, 3.8) is 0 Å². The summed E-state index contributed by atoms with van der Waals surface area (Å²) >= 11 is 3.43. The lowest BCUT2D eigenvalue weighted by molar-refractivity contribution is -0.0855. The highest BCUT2D eigenvalue weighted by atomic mass is 79.9. The fourth-order valence-electron chi connectivity index (χ4n) is 2.39. The second-order valence-electron chi connectivity index (χ2n) is 5.54. The molecule has 104 valence electrons. The molecule has 4 heteroatoms. The molecule has 1 aliphatic heterocycles. The van der Waals surface area contributed by atoms with E-state index in [1.54, 1.807) is 0 Å². The predicted octanol–water partition coefficient (Wildman–Crippen LogP) is 3.13. The van der Waals surface area contributed by atoms with Crippen molar-refractivity contribution in [2.24, 2.45) is 0 Å². The van der Waals surface area contributed by atoms with Crippen molar-refractivity contribution in [3.05, 3.63) is 34.3 Å². The van der Waals surface area contributed by atoms with Crippen molar-refractivity contribution in [1.82, 2.24) is 4.90 Å². The number of nitrogens with zero attached hydrogens (tertiary/aromatic N) is 1. The first kappa shape index (κ1) is 14.7. The first-order chi connectivity index (χ1) is 8.98. The number of carbonyl (C=O) groups is 1. The minimum absolute atomic E-state index is 0.103. The number of halogens is 1. The van der Waals surface area contributed by atoms with Gasteiger partial charge in [-0.3, -0.25) is 9.69 Å². The fraction of sp³-hybridized carbons (Fsp3) is 0.533. The van der Waals surface area contributed by atoms with Crippen molar-refractivity contribution < 1.29 is 9.53 Å². The number of hydrogen-bond donors (Lipinski definition) is 0. The molecule has 0 N–H and O–H groups in total. The Labute approximate surface area is 123 Å². The van der Waals surface area contributed by atoms with Crippen molar-refractivity contribution in [2.45, 2.75) is 25.9 Å². The minimum Gasteiger partial charge on any atom is -0.373 e. The van der Waals surface area contributed by atoms with Gasteiger partial charge in [0, 0.05) is 36.1 Å². The van der Waals surface area contributed by atoms with Gasteiger partial charge in [0.15, 0.2) is 5.78 Å². The molecule has 0 radical (unpaired) electrons. The predicted molar refractivity (Wildman–Crippen MR) is 79.6 cm³/mol. The summed E-state index contributed by atoms with van der Waals surface area (Å²) in [6.07, 6.45) is 0.554. The second kappa shape index (κ2) is 6.16. The molecule has 0 amide bonds. The van der Waals surface area contributed by atoms with Crippen LogP contribution in [0.5, 0.6) is 0 Å². The third kappa shape index (κ3) is 4.13. The zero-order chi connectivity index (χ0) is 13.9. The number of Topliss-reactive ketones (excluding diaryl/α,β-unsaturated/α-hetero) is 1. The molecule has 1 fully saturated rings. The lowest BCUT2D eigenvalue weighted by Gasteiger charge is -2.38. The summed E-state index contributed by atoms with van der Waals surface area (Å²) in [5.41, 5.74) is 0.671. The Bertz CT molecular complexity index is 459. The van der Waals surface area contributed by atoms with Crippen LogP contribution in [0.25, 0.3) is 0 Å². The molecule has 1 aromatic carbocycles. The maximum absolute atomic E-state index is 12.2. The van der Waals surface area contributed by atoms with Crippen molar-refractivity contribution in [3.8, 4) is 0 Å². The molecule has 3 nitrogen and oxygen atoms in total. The number of ketones is 1. The Hall–Kier alpha value is -0.710. The molecule has 19 heavy (non-hydrogen) atoms. The maximum atomic E-state index is 12.2. The van der Waals surface area contributed by atoms with Crippen LogP contribution in [0, 0.1) is 0 Å². The van der Waals surface area contributed by atoms with Crippen LogP contribution < -0.4 is 0 Å². The zero-order valence-electron chi connectivity index (χ0n) is 11.5. The highest BCUT2D eigenvalue weighted by molar-refractivity contribution is 9.10. The van der Waals surface area contributed by atoms with E-state index in [4.69, 9.17) is 4.74 Å². The monoisotopic (exact) mass is 325 g/mol. The van der Waals surface area contributed by atoms with Gasteiger partial charge >= 0.3 is 0 Å². The molecule has 0 aromatic heterocycles. The van der Waals surface area contributed by atoms with E-state index in [9.17, 15) is 4.79 Å². The van der Waals surface area contributed by atoms with Crippen molar-refractivity contribution in [2.75, 3.05) is 26.2 Å². The van der Waals surface area contributed by atoms with Gasteiger partial charge < -0.3 is 4.74 Å². The van der Waals surface area contributed by atoms with Crippen molar-refractivity contribution in [1.29, 1.82) is 0 Å². The molecular formula is C15H20BrNO2. The summed E-state index contributed by atoms with van der Waals surface area (Å²) in [6.45, 7) is 7.52. The molecule has 0 bridgehead atoms. The van der Waals surface area contributed by atoms with Gasteiger partial charge in [-0.05, 0) is 19.9 Å². The Morgan fingerprint density at radius 3 is 2.84 bits per heavy atom. The standard InChI is InChI=1S/C15H20BrNO2/c1-15(2)11-17(9-10-19-15)8-7-14(18)12-5-3-4-6-13(12)16/h3-6H,7-11H2,1-2H3. The first-order valence-corrected chi connectivity index (χ1v) is 7.41. The van der Waals surface area contributed by atoms with Gasteiger partial charge in [-0.25, -0.2) is 0 Å². The van der Waals surface area contributed by atoms with Gasteiger partial charge in [0.05, 0.1) is 12.2 Å². The number of ether oxygens (including phenoxy) is 1. The van der Waals surface area contributed by atoms with E-state index in [1.807, 2.05) is 24.3 Å². The Morgan fingerprint density at radius 1 is 1.42 bits per heavy atom. The molecular weight excluding hydrogens is 306 g/mol. The van der Waals surface area contributed by atoms with Gasteiger partial charge in [0.1, 0.15) is 0 Å². The van der Waals surface area contributed by atoms with Gasteiger partial charge in [0.2, 0.25) is 0 Å². The van der Waals surface area contributed by atoms with Crippen molar-refractivity contribution >= 4 is 21.7 Å². The second-order valence-corrected chi connectivity index (χ2v) is 6.39. The fourth-order valence-corrected chi connectivity index (χ4v) is 2.89. The Morgan fingerprint density at radius 2 is 2.16 bits per heavy atom. The molecule has 1 aromatic rings. The van der Waals surface area contributed by atoms with E-state index in [0.717, 1.165) is 36.3 Å². The smallest absolute Gasteiger partial charge is 0.165 e. The third-order valence-corrected chi connectivity index (χ3v) is 4.03. The van der Waals surface area contributed by atoms with Gasteiger partial charge in [-0.1, -0.05) is 34.1 Å². The first-order valence-electron chi connectivity index (χ1n) is 6.62. The van der Waals surface area contributed by atoms with E-state index in [1.165, 1.54) is 0 Å². The average molecular weight is 326 g/mol. The highest BCUT2D eigenvalue weighted by Gasteiger charge is 2.27. The number of hydrogen-bond acceptors (Lipinski definition) is 3. The summed E-state index contributed by atoms with van der Waals surface area (Å²) in [5.74, 6) is 0.191. The van der Waals surface area contributed by atoms with Gasteiger partial charge in [-0.2, -0.15) is 0 Å². The van der Waals surface area contributed by atoms with E-state index in [-0.39, 0.29) is 11.4 Å². The summed E-state index contributed by atoms with van der Waals surface area (Å²) in [6, 6.07) is 7.60. The molecule has 0 spiro atoms. The number of benzene rings is 1. The van der Waals surface area contributed by atoms with E-state index >= 15 is 0 Å². The van der Waals surface area contributed by atoms with Crippen LogP contribution in [0.1, 0.15) is 30.6 Å². The van der Waals surface area contributed by atoms with Gasteiger partial charge in [0.25, 0.3) is 0 Å². The van der Waals surface area contributed by atoms with Crippen LogP contribution in [-0.2, 0) is 4.74 Å². The summed E-state index contributed by atoms with van der Waals surface area (Å²) in [7, 11) is 0. The normalized spacial score (nSPS) is 19.3. The molecule has 0 saturated carbocycles. The average Bonchev–Trinajstić information content (AvgIpc) is 2.35. The third-order valence-electron chi connectivity index (χ3n) is 3.33. The lowest BCUT2D eigenvalue weighted by Crippen LogP contribution is -2.48. The number of rotatable bonds is 4. The van der Waals surface area contributed by atoms with Crippen LogP contribution in [0.4, 0.5) is 0 Å². The Kier molecular flexibility index (Phi) is 4.76. The lowest BCUT2D eigenvalue weighted by atomic mass is 10.1. The van der Waals surface area contributed by atoms with Gasteiger partial charge in [-0.15, -0.1) is 0 Å². The summed E-state index contributed by atoms with van der Waals surface area (Å²) in [4.78, 5) is 14.5. The zero-order valence-corrected chi connectivity index (χ0v) is 13.1. The highest BCUT2D eigenvalue weighted by Crippen LogP contribution is 2.19. The van der Waals surface area contributed by atoms with E-state index < -0.39 is 0 Å². The van der Waals surface area contributed by atoms with Crippen LogP contribution in [0.15, 0.2) is 28.7 Å². The van der Waals surface area contributed by atoms with Crippen LogP contribution in [-0.4, -0.2) is 42.5 Å². The van der Waals surface area contributed by atoms with Crippen LogP contribution in [0.2, 0.25) is 0 Å². The molecule has 0 atom stereocenters. The largest absolute Gasteiger partial charge is 0.373 e. The molecule has 1 aliphatic rings. The molecule has 0 aliphatic carbocycles. The molecule has 1 saturated heterocycles. The van der Waals surface area contributed by atoms with Crippen LogP contribution >= 0.6 is 15.9 Å². The van der Waals surface area contributed by atoms with E-state index in [2.05, 4.69) is 34.7 Å². The van der Waals surface area contributed by atoms with E-state index in [0.29, 0.717) is 6.42 Å². The summed E-state index contributed by atoms with van der Waals surface area (Å²) in [5, 5.41) is 0. The maximum Gasteiger partial charge on any atom is 0.165 e. The molecule has 1 heterocycles. The Balaban J connectivity index is 1.89. The summed E-state index contributed by atoms with van der Waals surface area (Å²) < 4.78 is 6.55. The van der Waals surface area contributed by atoms with Crippen LogP contribution in [0.3, 0.4) is 0 Å². The minimum atomic E-state index is -0.103. The molecule has 2 rings (SSSR count). The molecule has 0 unspecified atom stereocenters. The topological polar surface area (TPSA) is 29.5 Å². The number of carbonyl (C=O) groups excluding carboxylic acids is 1. The number of morpholine rings is 1. The quantitative estimate of drug-likeness (QED) is 0.796. The SMILES string of the molecule is CC1(C)CN(CCC(=O)c2ccccc2Br)CCO1.